The highest BCUT2D eigenvalue weighted by atomic mass is 15.4. The summed E-state index contributed by atoms with van der Waals surface area (Å²) in [6, 6.07) is 80.5. The van der Waals surface area contributed by atoms with E-state index in [9.17, 15) is 0 Å². The average Bonchev–Trinajstić information content (AvgIpc) is 1.69. The molecule has 18 nitrogen and oxygen atoms in total. The van der Waals surface area contributed by atoms with Gasteiger partial charge in [0.1, 0.15) is 34.9 Å². The minimum Gasteiger partial charge on any atom is -0.425 e. The fourth-order valence-electron chi connectivity index (χ4n) is 16.0. The van der Waals surface area contributed by atoms with Crippen LogP contribution < -0.4 is 34.5 Å². The zero-order valence-corrected chi connectivity index (χ0v) is 54.4. The minimum absolute atomic E-state index is 0.0226. The lowest BCUT2D eigenvalue weighted by molar-refractivity contribution is 0.632. The van der Waals surface area contributed by atoms with E-state index in [4.69, 9.17) is 29.9 Å². The molecule has 0 radical (unpaired) electrons. The van der Waals surface area contributed by atoms with Crippen LogP contribution in [0.5, 0.6) is 0 Å². The van der Waals surface area contributed by atoms with Gasteiger partial charge in [-0.05, 0) is 150 Å². The number of fused-ring (bicyclic) bond motifs is 24. The molecule has 0 aliphatic carbocycles. The standard InChI is InChI=1S/2C26H23B3N6.C16H19B3N6/c1-32-27(20-12-5-3-6-13-20)33(2)29-34-24-18-10-9-17-23(24)31-26(34)22-16-11-19-30-25(22)35(29)28(32)21-14-7-4-8-15-21;1-27-33(20-12-5-3-6-13-20)28(2)35-25-22(16-11-19-30-25)26-31-23-17-9-10-18-24(23)32(26)29(35)34(27)21-14-7-4-8-15-21;1-17-22(3)18(2)25-15-12(8-7-11-20-15)16-21-13-9-5-6-10-14(13)24(16)19(25)23(17)4/h2*3-19H,1-2H3;5-11H,1-4H3. The van der Waals surface area contributed by atoms with Gasteiger partial charge in [-0.3, -0.25) is 0 Å². The SMILES string of the molecule is CB1N(C)B(C)N2B(N1C)n1c(nc3ccccc31)-c1cccnc12.CB1N(c2ccccc2)B(C)N2B(N1c1ccccc1)n1c(nc3ccccc31)-c1cccnc12.CN1B(c2ccccc2)N(C)B2N(B1c1ccccc1)c1ncccc1-c1nc3ccccc3n12. The number of hydrogen-bond donors (Lipinski definition) is 0. The molecule has 6 aliphatic rings. The van der Waals surface area contributed by atoms with Crippen molar-refractivity contribution in [1.82, 2.24) is 62.2 Å². The van der Waals surface area contributed by atoms with Crippen molar-refractivity contribution in [2.75, 3.05) is 51.8 Å². The molecule has 7 aromatic carbocycles. The smallest absolute Gasteiger partial charge is 0.425 e. The van der Waals surface area contributed by atoms with Crippen molar-refractivity contribution in [3.63, 3.8) is 0 Å². The third-order valence-corrected chi connectivity index (χ3v) is 20.5. The topological polar surface area (TPSA) is 121 Å². The fraction of sp³-hybridized carbons (Fsp3) is 0.118. The zero-order chi connectivity index (χ0) is 64.3. The highest BCUT2D eigenvalue weighted by molar-refractivity contribution is 7.05. The van der Waals surface area contributed by atoms with Crippen LogP contribution in [0.2, 0.25) is 27.3 Å². The van der Waals surface area contributed by atoms with Crippen LogP contribution in [0.4, 0.5) is 28.8 Å². The molecule has 454 valence electrons. The Morgan fingerprint density at radius 2 is 0.632 bits per heavy atom. The first-order valence-corrected chi connectivity index (χ1v) is 32.8. The van der Waals surface area contributed by atoms with E-state index >= 15 is 0 Å². The second-order valence-electron chi connectivity index (χ2n) is 25.5. The molecule has 19 rings (SSSR count). The molecule has 13 aromatic rings. The summed E-state index contributed by atoms with van der Waals surface area (Å²) in [5.41, 5.74) is 14.5. The average molecular weight is 1230 g/mol. The summed E-state index contributed by atoms with van der Waals surface area (Å²) < 4.78 is 29.0. The second kappa shape index (κ2) is 23.4. The van der Waals surface area contributed by atoms with Gasteiger partial charge in [-0.2, -0.15) is 0 Å². The summed E-state index contributed by atoms with van der Waals surface area (Å²) in [4.78, 5) is 29.7. The van der Waals surface area contributed by atoms with Gasteiger partial charge in [-0.15, -0.1) is 0 Å². The lowest BCUT2D eigenvalue weighted by atomic mass is 9.42. The molecule has 6 aliphatic heterocycles. The molecular formula is C68H65B9N18. The van der Waals surface area contributed by atoms with Crippen LogP contribution in [0.3, 0.4) is 0 Å². The van der Waals surface area contributed by atoms with E-state index in [0.29, 0.717) is 6.98 Å². The van der Waals surface area contributed by atoms with Crippen molar-refractivity contribution in [1.29, 1.82) is 0 Å². The van der Waals surface area contributed by atoms with Crippen molar-refractivity contribution < 1.29 is 0 Å². The Morgan fingerprint density at radius 1 is 0.274 bits per heavy atom. The Morgan fingerprint density at radius 3 is 1.09 bits per heavy atom. The fourth-order valence-corrected chi connectivity index (χ4v) is 16.0. The summed E-state index contributed by atoms with van der Waals surface area (Å²) in [5, 5.41) is 0. The summed E-state index contributed by atoms with van der Waals surface area (Å²) in [7, 11) is 8.61. The molecule has 0 N–H and O–H groups in total. The Balaban J connectivity index is 0.000000110. The van der Waals surface area contributed by atoms with Crippen LogP contribution in [-0.4, -0.2) is 154 Å². The highest BCUT2D eigenvalue weighted by Crippen LogP contribution is 2.45. The van der Waals surface area contributed by atoms with Gasteiger partial charge in [0, 0.05) is 30.0 Å². The number of para-hydroxylation sites is 8. The van der Waals surface area contributed by atoms with Crippen LogP contribution in [0.1, 0.15) is 0 Å². The first-order chi connectivity index (χ1) is 46.6. The summed E-state index contributed by atoms with van der Waals surface area (Å²) in [5.74, 6) is 5.85. The molecule has 3 fully saturated rings. The molecule has 95 heavy (non-hydrogen) atoms. The molecule has 0 amide bonds. The lowest BCUT2D eigenvalue weighted by Crippen LogP contribution is -2.83. The maximum atomic E-state index is 5.10. The number of nitrogens with zero attached hydrogens (tertiary/aromatic N) is 18. The van der Waals surface area contributed by atoms with Gasteiger partial charge in [0.15, 0.2) is 0 Å². The van der Waals surface area contributed by atoms with Crippen LogP contribution in [0.15, 0.2) is 249 Å². The minimum atomic E-state index is -0.118. The maximum Gasteiger partial charge on any atom is 0.488 e. The van der Waals surface area contributed by atoms with E-state index in [1.54, 1.807) is 0 Å². The Kier molecular flexibility index (Phi) is 14.4. The molecular weight excluding hydrogens is 1170 g/mol. The number of anilines is 5. The van der Waals surface area contributed by atoms with Gasteiger partial charge in [0.2, 0.25) is 0 Å². The molecule has 0 saturated carbocycles. The van der Waals surface area contributed by atoms with E-state index in [0.717, 1.165) is 90.4 Å². The van der Waals surface area contributed by atoms with Crippen molar-refractivity contribution in [3.05, 3.63) is 249 Å². The van der Waals surface area contributed by atoms with Crippen LogP contribution in [0.25, 0.3) is 67.3 Å². The third-order valence-electron chi connectivity index (χ3n) is 20.5. The van der Waals surface area contributed by atoms with E-state index in [2.05, 4.69) is 318 Å². The molecule has 0 unspecified atom stereocenters. The number of pyridine rings is 3. The molecule has 27 heteroatoms. The Labute approximate surface area is 557 Å². The summed E-state index contributed by atoms with van der Waals surface area (Å²) in [6.45, 7) is 9.79. The first-order valence-electron chi connectivity index (χ1n) is 32.8. The zero-order valence-electron chi connectivity index (χ0n) is 54.4. The predicted molar refractivity (Wildman–Crippen MR) is 399 cm³/mol. The predicted octanol–water partition coefficient (Wildman–Crippen LogP) is 9.30. The van der Waals surface area contributed by atoms with Gasteiger partial charge < -0.3 is 55.9 Å². The van der Waals surface area contributed by atoms with Gasteiger partial charge >= 0.3 is 56.3 Å². The highest BCUT2D eigenvalue weighted by Gasteiger charge is 2.59. The summed E-state index contributed by atoms with van der Waals surface area (Å²) in [6.07, 6.45) is 5.65. The first kappa shape index (κ1) is 58.6. The van der Waals surface area contributed by atoms with Crippen molar-refractivity contribution >= 4 is 136 Å². The number of benzene rings is 7. The summed E-state index contributed by atoms with van der Waals surface area (Å²) >= 11 is 0. The lowest BCUT2D eigenvalue weighted by Gasteiger charge is -2.56. The molecule has 0 spiro atoms. The Bertz CT molecular complexity index is 4990. The van der Waals surface area contributed by atoms with E-state index in [1.165, 1.54) is 16.6 Å². The number of imidazole rings is 3. The van der Waals surface area contributed by atoms with Crippen molar-refractivity contribution in [2.45, 2.75) is 27.3 Å². The number of rotatable bonds is 4. The maximum absolute atomic E-state index is 5.10. The normalized spacial score (nSPS) is 16.0. The van der Waals surface area contributed by atoms with Crippen LogP contribution in [0, 0.1) is 0 Å². The van der Waals surface area contributed by atoms with Gasteiger partial charge in [0.05, 0.1) is 49.8 Å². The molecule has 3 saturated heterocycles. The number of aromatic nitrogens is 9. The molecule has 0 atom stereocenters. The van der Waals surface area contributed by atoms with E-state index in [1.807, 2.05) is 42.9 Å². The van der Waals surface area contributed by atoms with Crippen LogP contribution in [-0.2, 0) is 0 Å². The van der Waals surface area contributed by atoms with Crippen molar-refractivity contribution in [2.24, 2.45) is 0 Å². The third kappa shape index (κ3) is 9.14. The van der Waals surface area contributed by atoms with E-state index < -0.39 is 0 Å². The molecule has 0 bridgehead atoms. The second-order valence-corrected chi connectivity index (χ2v) is 25.5. The quantitative estimate of drug-likeness (QED) is 0.156. The molecule has 6 aromatic heterocycles. The number of hydrogen-bond acceptors (Lipinski definition) is 15. The van der Waals surface area contributed by atoms with Gasteiger partial charge in [0.25, 0.3) is 6.98 Å². The van der Waals surface area contributed by atoms with Gasteiger partial charge in [-0.1, -0.05) is 147 Å². The van der Waals surface area contributed by atoms with Crippen LogP contribution >= 0.6 is 0 Å². The van der Waals surface area contributed by atoms with E-state index in [-0.39, 0.29) is 56.3 Å². The molecule has 12 heterocycles. The van der Waals surface area contributed by atoms with Crippen molar-refractivity contribution in [3.8, 4) is 34.2 Å². The monoisotopic (exact) mass is 1230 g/mol. The largest absolute Gasteiger partial charge is 0.488 e. The Hall–Kier alpha value is -10.2. The van der Waals surface area contributed by atoms with Gasteiger partial charge in [-0.25, -0.2) is 29.9 Å².